The molecule has 11 heavy (non-hydrogen) atoms. The molecule has 2 aliphatic rings. The molecule has 62 valence electrons. The Hall–Kier alpha value is -0.740. The van der Waals surface area contributed by atoms with Crippen LogP contribution in [0.25, 0.3) is 0 Å². The minimum atomic E-state index is -4.22. The van der Waals surface area contributed by atoms with E-state index in [2.05, 4.69) is 5.10 Å². The van der Waals surface area contributed by atoms with Gasteiger partial charge in [-0.2, -0.15) is 18.3 Å². The molecule has 0 aromatic carbocycles. The molecule has 5 heteroatoms. The Morgan fingerprint density at radius 1 is 1.55 bits per heavy atom. The highest BCUT2D eigenvalue weighted by molar-refractivity contribution is 5.95. The van der Waals surface area contributed by atoms with Gasteiger partial charge in [0.1, 0.15) is 5.71 Å². The third kappa shape index (κ3) is 0.902. The molecule has 0 radical (unpaired) electrons. The molecule has 1 saturated carbocycles. The molecule has 2 unspecified atom stereocenters. The maximum atomic E-state index is 12.1. The van der Waals surface area contributed by atoms with Gasteiger partial charge in [-0.05, 0) is 6.42 Å². The molecule has 0 aromatic rings. The summed E-state index contributed by atoms with van der Waals surface area (Å²) in [6.45, 7) is 0. The molecule has 0 aromatic heterocycles. The van der Waals surface area contributed by atoms with Crippen LogP contribution in [0.4, 0.5) is 13.2 Å². The summed E-state index contributed by atoms with van der Waals surface area (Å²) in [6.07, 6.45) is -3.60. The Bertz CT molecular complexity index is 220. The second-order valence-corrected chi connectivity index (χ2v) is 2.97. The predicted molar refractivity (Wildman–Crippen MR) is 33.1 cm³/mol. The van der Waals surface area contributed by atoms with Crippen molar-refractivity contribution in [2.24, 2.45) is 11.0 Å². The summed E-state index contributed by atoms with van der Waals surface area (Å²) >= 11 is 0. The van der Waals surface area contributed by atoms with Crippen molar-refractivity contribution in [1.82, 2.24) is 5.01 Å². The lowest BCUT2D eigenvalue weighted by atomic mass is 10.2. The number of rotatable bonds is 0. The molecule has 1 fully saturated rings. The van der Waals surface area contributed by atoms with Crippen LogP contribution in [-0.2, 0) is 0 Å². The molecule has 2 atom stereocenters. The largest absolute Gasteiger partial charge is 0.431 e. The van der Waals surface area contributed by atoms with Crippen molar-refractivity contribution >= 4 is 5.71 Å². The van der Waals surface area contributed by atoms with Crippen molar-refractivity contribution < 1.29 is 13.2 Å². The summed E-state index contributed by atoms with van der Waals surface area (Å²) in [7, 11) is 1.59. The third-order valence-corrected chi connectivity index (χ3v) is 2.14. The van der Waals surface area contributed by atoms with Gasteiger partial charge in [0.25, 0.3) is 0 Å². The SMILES string of the molecule is CN1N=C(C(F)(F)F)C2CC21. The number of alkyl halides is 3. The fourth-order valence-electron chi connectivity index (χ4n) is 1.47. The molecule has 2 nitrogen and oxygen atoms in total. The fraction of sp³-hybridized carbons (Fsp3) is 0.833. The van der Waals surface area contributed by atoms with Crippen molar-refractivity contribution in [1.29, 1.82) is 0 Å². The van der Waals surface area contributed by atoms with Gasteiger partial charge < -0.3 is 0 Å². The molecular formula is C6H7F3N2. The number of fused-ring (bicyclic) bond motifs is 1. The number of hydrogen-bond donors (Lipinski definition) is 0. The first-order valence-corrected chi connectivity index (χ1v) is 3.38. The van der Waals surface area contributed by atoms with Crippen LogP contribution in [0.3, 0.4) is 0 Å². The molecule has 0 amide bonds. The Morgan fingerprint density at radius 3 is 2.36 bits per heavy atom. The maximum Gasteiger partial charge on any atom is 0.431 e. The highest BCUT2D eigenvalue weighted by Gasteiger charge is 2.57. The normalized spacial score (nSPS) is 35.3. The van der Waals surface area contributed by atoms with Crippen LogP contribution in [0.2, 0.25) is 0 Å². The molecule has 1 aliphatic carbocycles. The van der Waals surface area contributed by atoms with Crippen LogP contribution in [0.1, 0.15) is 6.42 Å². The average molecular weight is 164 g/mol. The van der Waals surface area contributed by atoms with Crippen LogP contribution in [0, 0.1) is 5.92 Å². The average Bonchev–Trinajstić information content (AvgIpc) is 2.53. The summed E-state index contributed by atoms with van der Waals surface area (Å²) in [5, 5.41) is 4.83. The second kappa shape index (κ2) is 1.70. The minimum absolute atomic E-state index is 0.0339. The van der Waals surface area contributed by atoms with Crippen molar-refractivity contribution in [3.8, 4) is 0 Å². The molecular weight excluding hydrogens is 157 g/mol. The lowest BCUT2D eigenvalue weighted by Crippen LogP contribution is -2.23. The molecule has 1 heterocycles. The van der Waals surface area contributed by atoms with Gasteiger partial charge >= 0.3 is 6.18 Å². The summed E-state index contributed by atoms with van der Waals surface area (Å²) in [6, 6.07) is 0.0339. The van der Waals surface area contributed by atoms with Crippen LogP contribution in [0.5, 0.6) is 0 Å². The zero-order valence-electron chi connectivity index (χ0n) is 5.89. The third-order valence-electron chi connectivity index (χ3n) is 2.14. The van der Waals surface area contributed by atoms with Gasteiger partial charge in [0.05, 0.1) is 6.04 Å². The Kier molecular flexibility index (Phi) is 1.07. The first-order chi connectivity index (χ1) is 5.00. The number of hydrazone groups is 1. The van der Waals surface area contributed by atoms with Crippen LogP contribution >= 0.6 is 0 Å². The van der Waals surface area contributed by atoms with Crippen molar-refractivity contribution in [2.45, 2.75) is 18.6 Å². The highest BCUT2D eigenvalue weighted by atomic mass is 19.4. The van der Waals surface area contributed by atoms with Gasteiger partial charge in [0.15, 0.2) is 0 Å². The van der Waals surface area contributed by atoms with E-state index in [1.165, 1.54) is 5.01 Å². The fourth-order valence-corrected chi connectivity index (χ4v) is 1.47. The zero-order chi connectivity index (χ0) is 8.22. The predicted octanol–water partition coefficient (Wildman–Crippen LogP) is 1.24. The molecule has 0 bridgehead atoms. The zero-order valence-corrected chi connectivity index (χ0v) is 5.89. The lowest BCUT2D eigenvalue weighted by Gasteiger charge is -2.08. The second-order valence-electron chi connectivity index (χ2n) is 2.97. The standard InChI is InChI=1S/C6H7F3N2/c1-11-4-2-3(4)5(10-11)6(7,8)9/h3-4H,2H2,1H3. The van der Waals surface area contributed by atoms with E-state index in [0.717, 1.165) is 0 Å². The van der Waals surface area contributed by atoms with E-state index in [4.69, 9.17) is 0 Å². The monoisotopic (exact) mass is 164 g/mol. The number of hydrogen-bond acceptors (Lipinski definition) is 2. The molecule has 0 N–H and O–H groups in total. The molecule has 2 rings (SSSR count). The Labute approximate surface area is 61.7 Å². The van der Waals surface area contributed by atoms with E-state index in [9.17, 15) is 13.2 Å². The van der Waals surface area contributed by atoms with E-state index in [-0.39, 0.29) is 12.0 Å². The first kappa shape index (κ1) is 6.94. The number of nitrogens with zero attached hydrogens (tertiary/aromatic N) is 2. The van der Waals surface area contributed by atoms with Crippen molar-refractivity contribution in [2.75, 3.05) is 7.05 Å². The highest BCUT2D eigenvalue weighted by Crippen LogP contribution is 2.45. The summed E-state index contributed by atoms with van der Waals surface area (Å²) in [4.78, 5) is 0. The van der Waals surface area contributed by atoms with Crippen LogP contribution in [-0.4, -0.2) is 30.0 Å². The van der Waals surface area contributed by atoms with Gasteiger partial charge in [-0.3, -0.25) is 5.01 Å². The van der Waals surface area contributed by atoms with E-state index in [1.54, 1.807) is 7.05 Å². The van der Waals surface area contributed by atoms with E-state index < -0.39 is 11.9 Å². The number of halogens is 3. The van der Waals surface area contributed by atoms with Gasteiger partial charge in [0, 0.05) is 13.0 Å². The van der Waals surface area contributed by atoms with Gasteiger partial charge in [-0.15, -0.1) is 0 Å². The van der Waals surface area contributed by atoms with Gasteiger partial charge in [-0.25, -0.2) is 0 Å². The van der Waals surface area contributed by atoms with Crippen LogP contribution < -0.4 is 0 Å². The quantitative estimate of drug-likeness (QED) is 0.526. The minimum Gasteiger partial charge on any atom is -0.296 e. The van der Waals surface area contributed by atoms with E-state index in [1.807, 2.05) is 0 Å². The van der Waals surface area contributed by atoms with E-state index >= 15 is 0 Å². The smallest absolute Gasteiger partial charge is 0.296 e. The van der Waals surface area contributed by atoms with Gasteiger partial charge in [-0.1, -0.05) is 0 Å². The molecule has 1 aliphatic heterocycles. The maximum absolute atomic E-state index is 12.1. The first-order valence-electron chi connectivity index (χ1n) is 3.38. The van der Waals surface area contributed by atoms with Crippen molar-refractivity contribution in [3.63, 3.8) is 0 Å². The lowest BCUT2D eigenvalue weighted by molar-refractivity contribution is -0.0612. The van der Waals surface area contributed by atoms with Crippen molar-refractivity contribution in [3.05, 3.63) is 0 Å². The topological polar surface area (TPSA) is 15.6 Å². The molecule has 0 saturated heterocycles. The summed E-state index contributed by atoms with van der Waals surface area (Å²) < 4.78 is 36.2. The summed E-state index contributed by atoms with van der Waals surface area (Å²) in [5.41, 5.74) is -0.593. The van der Waals surface area contributed by atoms with E-state index in [0.29, 0.717) is 6.42 Å². The van der Waals surface area contributed by atoms with Crippen LogP contribution in [0.15, 0.2) is 5.10 Å². The Balaban J connectivity index is 2.22. The molecule has 0 spiro atoms. The summed E-state index contributed by atoms with van der Waals surface area (Å²) in [5.74, 6) is -0.333. The Morgan fingerprint density at radius 2 is 2.18 bits per heavy atom. The van der Waals surface area contributed by atoms with Gasteiger partial charge in [0.2, 0.25) is 0 Å².